The highest BCUT2D eigenvalue weighted by Crippen LogP contribution is 2.13. The average molecular weight is 205 g/mol. The van der Waals surface area contributed by atoms with Gasteiger partial charge in [0.15, 0.2) is 0 Å². The summed E-state index contributed by atoms with van der Waals surface area (Å²) < 4.78 is 5.13. The summed E-state index contributed by atoms with van der Waals surface area (Å²) >= 11 is 0. The van der Waals surface area contributed by atoms with E-state index in [2.05, 4.69) is 9.97 Å². The standard InChI is InChI=1S/C10H11N3O2/c1-2-15-10-12-8-4-3-6(11)5-7(8)9(14)13-10/h3-5H,2,11H2,1H3,(H,12,13,14). The van der Waals surface area contributed by atoms with Crippen molar-refractivity contribution < 1.29 is 4.74 Å². The van der Waals surface area contributed by atoms with Crippen LogP contribution in [0.15, 0.2) is 23.0 Å². The molecule has 0 radical (unpaired) electrons. The van der Waals surface area contributed by atoms with Crippen molar-refractivity contribution in [2.75, 3.05) is 12.3 Å². The van der Waals surface area contributed by atoms with Gasteiger partial charge >= 0.3 is 0 Å². The van der Waals surface area contributed by atoms with E-state index in [9.17, 15) is 4.79 Å². The Hall–Kier alpha value is -2.04. The molecule has 0 saturated heterocycles. The second kappa shape index (κ2) is 3.61. The first kappa shape index (κ1) is 9.51. The van der Waals surface area contributed by atoms with E-state index in [4.69, 9.17) is 10.5 Å². The molecule has 15 heavy (non-hydrogen) atoms. The van der Waals surface area contributed by atoms with Gasteiger partial charge in [-0.3, -0.25) is 9.78 Å². The van der Waals surface area contributed by atoms with Gasteiger partial charge in [0.05, 0.1) is 17.5 Å². The molecule has 0 bridgehead atoms. The first-order valence-electron chi connectivity index (χ1n) is 4.63. The number of aromatic nitrogens is 2. The number of fused-ring (bicyclic) bond motifs is 1. The van der Waals surface area contributed by atoms with Crippen molar-refractivity contribution in [1.29, 1.82) is 0 Å². The maximum absolute atomic E-state index is 11.6. The zero-order valence-electron chi connectivity index (χ0n) is 8.28. The molecule has 0 atom stereocenters. The van der Waals surface area contributed by atoms with Crippen molar-refractivity contribution in [1.82, 2.24) is 9.97 Å². The Morgan fingerprint density at radius 1 is 1.53 bits per heavy atom. The molecular formula is C10H11N3O2. The summed E-state index contributed by atoms with van der Waals surface area (Å²) in [5, 5.41) is 0.471. The largest absolute Gasteiger partial charge is 0.465 e. The second-order valence-corrected chi connectivity index (χ2v) is 3.08. The molecule has 78 valence electrons. The molecule has 0 fully saturated rings. The molecular weight excluding hydrogens is 194 g/mol. The molecule has 5 nitrogen and oxygen atoms in total. The van der Waals surface area contributed by atoms with Gasteiger partial charge in [0, 0.05) is 5.69 Å². The lowest BCUT2D eigenvalue weighted by Gasteiger charge is -2.03. The number of hydrogen-bond donors (Lipinski definition) is 2. The van der Waals surface area contributed by atoms with Crippen LogP contribution in [0.5, 0.6) is 6.01 Å². The number of ether oxygens (including phenoxy) is 1. The predicted molar refractivity (Wildman–Crippen MR) is 57.9 cm³/mol. The van der Waals surface area contributed by atoms with Crippen LogP contribution in [-0.2, 0) is 0 Å². The Kier molecular flexibility index (Phi) is 2.29. The number of aromatic amines is 1. The molecule has 2 aromatic rings. The highest BCUT2D eigenvalue weighted by atomic mass is 16.5. The summed E-state index contributed by atoms with van der Waals surface area (Å²) in [6.45, 7) is 2.29. The van der Waals surface area contributed by atoms with Crippen LogP contribution in [0, 0.1) is 0 Å². The second-order valence-electron chi connectivity index (χ2n) is 3.08. The van der Waals surface area contributed by atoms with Gasteiger partial charge < -0.3 is 10.5 Å². The SMILES string of the molecule is CCOc1nc2ccc(N)cc2c(=O)[nH]1. The van der Waals surface area contributed by atoms with Gasteiger partial charge in [-0.05, 0) is 25.1 Å². The number of rotatable bonds is 2. The van der Waals surface area contributed by atoms with E-state index in [0.29, 0.717) is 23.2 Å². The summed E-state index contributed by atoms with van der Waals surface area (Å²) in [5.74, 6) is 0. The number of nitrogens with one attached hydrogen (secondary N) is 1. The van der Waals surface area contributed by atoms with Crippen LogP contribution in [-0.4, -0.2) is 16.6 Å². The normalized spacial score (nSPS) is 10.5. The average Bonchev–Trinajstić information content (AvgIpc) is 2.20. The number of H-pyrrole nitrogens is 1. The molecule has 1 heterocycles. The number of anilines is 1. The molecule has 0 spiro atoms. The van der Waals surface area contributed by atoms with E-state index in [1.807, 2.05) is 6.92 Å². The summed E-state index contributed by atoms with van der Waals surface area (Å²) in [6, 6.07) is 5.23. The maximum Gasteiger partial charge on any atom is 0.296 e. The monoisotopic (exact) mass is 205 g/mol. The molecule has 1 aromatic carbocycles. The lowest BCUT2D eigenvalue weighted by molar-refractivity contribution is 0.313. The Labute approximate surface area is 85.9 Å². The molecule has 5 heteroatoms. The summed E-state index contributed by atoms with van der Waals surface area (Å²) in [7, 11) is 0. The zero-order valence-corrected chi connectivity index (χ0v) is 8.28. The van der Waals surface area contributed by atoms with Crippen molar-refractivity contribution >= 4 is 16.6 Å². The lowest BCUT2D eigenvalue weighted by atomic mass is 10.2. The highest BCUT2D eigenvalue weighted by molar-refractivity contribution is 5.81. The van der Waals surface area contributed by atoms with Crippen molar-refractivity contribution in [2.24, 2.45) is 0 Å². The Morgan fingerprint density at radius 3 is 3.07 bits per heavy atom. The molecule has 0 unspecified atom stereocenters. The third-order valence-corrected chi connectivity index (χ3v) is 1.99. The number of benzene rings is 1. The summed E-state index contributed by atoms with van der Waals surface area (Å²) in [6.07, 6.45) is 0. The summed E-state index contributed by atoms with van der Waals surface area (Å²) in [5.41, 5.74) is 6.46. The minimum Gasteiger partial charge on any atom is -0.465 e. The molecule has 0 amide bonds. The van der Waals surface area contributed by atoms with E-state index < -0.39 is 0 Å². The molecule has 3 N–H and O–H groups in total. The predicted octanol–water partition coefficient (Wildman–Crippen LogP) is 0.904. The van der Waals surface area contributed by atoms with Crippen LogP contribution >= 0.6 is 0 Å². The van der Waals surface area contributed by atoms with Crippen molar-refractivity contribution in [3.63, 3.8) is 0 Å². The van der Waals surface area contributed by atoms with Gasteiger partial charge in [-0.25, -0.2) is 0 Å². The van der Waals surface area contributed by atoms with E-state index in [0.717, 1.165) is 0 Å². The van der Waals surface area contributed by atoms with E-state index in [1.165, 1.54) is 0 Å². The van der Waals surface area contributed by atoms with E-state index >= 15 is 0 Å². The number of hydrogen-bond acceptors (Lipinski definition) is 4. The molecule has 2 rings (SSSR count). The zero-order chi connectivity index (χ0) is 10.8. The maximum atomic E-state index is 11.6. The molecule has 0 aliphatic heterocycles. The molecule has 0 aliphatic rings. The minimum absolute atomic E-state index is 0.236. The fourth-order valence-corrected chi connectivity index (χ4v) is 1.34. The van der Waals surface area contributed by atoms with Crippen LogP contribution < -0.4 is 16.0 Å². The van der Waals surface area contributed by atoms with Crippen LogP contribution in [0.25, 0.3) is 10.9 Å². The minimum atomic E-state index is -0.240. The molecule has 0 saturated carbocycles. The Bertz CT molecular complexity index is 548. The fraction of sp³-hybridized carbons (Fsp3) is 0.200. The first-order chi connectivity index (χ1) is 7.20. The number of nitrogens with two attached hydrogens (primary N) is 1. The highest BCUT2D eigenvalue weighted by Gasteiger charge is 2.03. The van der Waals surface area contributed by atoms with Gasteiger partial charge in [-0.15, -0.1) is 0 Å². The topological polar surface area (TPSA) is 81.0 Å². The third-order valence-electron chi connectivity index (χ3n) is 1.99. The molecule has 1 aromatic heterocycles. The smallest absolute Gasteiger partial charge is 0.296 e. The van der Waals surface area contributed by atoms with Gasteiger partial charge in [-0.2, -0.15) is 4.98 Å². The number of nitrogens with zero attached hydrogens (tertiary/aromatic N) is 1. The lowest BCUT2D eigenvalue weighted by Crippen LogP contribution is -2.11. The number of nitrogen functional groups attached to an aromatic ring is 1. The van der Waals surface area contributed by atoms with Gasteiger partial charge in [0.2, 0.25) is 0 Å². The van der Waals surface area contributed by atoms with Gasteiger partial charge in [0.25, 0.3) is 11.6 Å². The van der Waals surface area contributed by atoms with Crippen LogP contribution in [0.2, 0.25) is 0 Å². The van der Waals surface area contributed by atoms with E-state index in [1.54, 1.807) is 18.2 Å². The Morgan fingerprint density at radius 2 is 2.33 bits per heavy atom. The molecule has 0 aliphatic carbocycles. The van der Waals surface area contributed by atoms with Crippen molar-refractivity contribution in [3.8, 4) is 6.01 Å². The Balaban J connectivity index is 2.67. The quantitative estimate of drug-likeness (QED) is 0.714. The van der Waals surface area contributed by atoms with Gasteiger partial charge in [0.1, 0.15) is 0 Å². The van der Waals surface area contributed by atoms with Crippen LogP contribution in [0.3, 0.4) is 0 Å². The van der Waals surface area contributed by atoms with Crippen molar-refractivity contribution in [2.45, 2.75) is 6.92 Å². The van der Waals surface area contributed by atoms with Crippen LogP contribution in [0.1, 0.15) is 6.92 Å². The van der Waals surface area contributed by atoms with Crippen LogP contribution in [0.4, 0.5) is 5.69 Å². The first-order valence-corrected chi connectivity index (χ1v) is 4.63. The fourth-order valence-electron chi connectivity index (χ4n) is 1.34. The summed E-state index contributed by atoms with van der Waals surface area (Å²) in [4.78, 5) is 18.3. The third kappa shape index (κ3) is 1.76. The van der Waals surface area contributed by atoms with Crippen molar-refractivity contribution in [3.05, 3.63) is 28.6 Å². The van der Waals surface area contributed by atoms with Gasteiger partial charge in [-0.1, -0.05) is 0 Å². The van der Waals surface area contributed by atoms with E-state index in [-0.39, 0.29) is 11.6 Å².